The zero-order valence-corrected chi connectivity index (χ0v) is 13.0. The van der Waals surface area contributed by atoms with Gasteiger partial charge in [-0.1, -0.05) is 78.1 Å². The Morgan fingerprint density at radius 3 is 2.14 bits per heavy atom. The molecule has 0 aliphatic rings. The topological polar surface area (TPSA) is 43.3 Å². The lowest BCUT2D eigenvalue weighted by molar-refractivity contribution is 0.788. The van der Waals surface area contributed by atoms with Gasteiger partial charge in [0.25, 0.3) is 0 Å². The van der Waals surface area contributed by atoms with Gasteiger partial charge >= 0.3 is 0 Å². The van der Waals surface area contributed by atoms with Crippen LogP contribution in [-0.2, 0) is 6.54 Å². The highest BCUT2D eigenvalue weighted by Crippen LogP contribution is 2.34. The van der Waals surface area contributed by atoms with E-state index in [1.165, 1.54) is 5.56 Å². The summed E-state index contributed by atoms with van der Waals surface area (Å²) < 4.78 is 2.11. The summed E-state index contributed by atoms with van der Waals surface area (Å²) in [6, 6.07) is 20.6. The lowest BCUT2D eigenvalue weighted by atomic mass is 10.1. The van der Waals surface area contributed by atoms with Gasteiger partial charge in [0.1, 0.15) is 0 Å². The maximum absolute atomic E-state index is 5.60. The maximum atomic E-state index is 5.60. The molecule has 0 bridgehead atoms. The molecule has 2 aromatic carbocycles. The van der Waals surface area contributed by atoms with Gasteiger partial charge in [-0.15, -0.1) is 6.58 Å². The van der Waals surface area contributed by atoms with Crippen LogP contribution in [0.25, 0.3) is 21.7 Å². The molecule has 0 aliphatic carbocycles. The fourth-order valence-electron chi connectivity index (χ4n) is 2.48. The van der Waals surface area contributed by atoms with Gasteiger partial charge in [0.05, 0.1) is 10.6 Å². The van der Waals surface area contributed by atoms with Crippen molar-refractivity contribution in [2.75, 3.05) is 0 Å². The predicted octanol–water partition coefficient (Wildman–Crippen LogP) is 3.84. The minimum Gasteiger partial charge on any atom is -0.320 e. The van der Waals surface area contributed by atoms with Crippen molar-refractivity contribution in [1.29, 1.82) is 0 Å². The average molecular weight is 307 g/mol. The second-order valence-electron chi connectivity index (χ2n) is 4.82. The lowest BCUT2D eigenvalue weighted by Crippen LogP contribution is -2.16. The van der Waals surface area contributed by atoms with E-state index < -0.39 is 0 Å². The van der Waals surface area contributed by atoms with Gasteiger partial charge in [-0.05, 0) is 11.1 Å². The number of rotatable bonds is 4. The van der Waals surface area contributed by atoms with Crippen molar-refractivity contribution in [2.24, 2.45) is 10.9 Å². The molecular formula is C18H17N3S. The summed E-state index contributed by atoms with van der Waals surface area (Å²) in [6.07, 6.45) is 1.86. The van der Waals surface area contributed by atoms with Crippen molar-refractivity contribution < 1.29 is 0 Å². The van der Waals surface area contributed by atoms with Crippen molar-refractivity contribution in [3.05, 3.63) is 78.1 Å². The van der Waals surface area contributed by atoms with Crippen LogP contribution in [0.15, 0.2) is 78.4 Å². The molecule has 0 aliphatic heterocycles. The van der Waals surface area contributed by atoms with E-state index in [4.69, 9.17) is 5.84 Å². The first kappa shape index (κ1) is 14.4. The molecule has 1 aromatic heterocycles. The van der Waals surface area contributed by atoms with Gasteiger partial charge in [-0.3, -0.25) is 0 Å². The summed E-state index contributed by atoms with van der Waals surface area (Å²) in [4.78, 5) is 1.95. The molecule has 0 fully saturated rings. The number of thiazole rings is 1. The van der Waals surface area contributed by atoms with Crippen molar-refractivity contribution >= 4 is 11.3 Å². The van der Waals surface area contributed by atoms with E-state index >= 15 is 0 Å². The standard InChI is InChI=1S/C18H17N3S/c1-2-13-21-16(14-9-5-3-6-10-14)17(22-18(21)20-19)15-11-7-4-8-12-15/h2-12H,1,13,19H2. The van der Waals surface area contributed by atoms with Gasteiger partial charge in [0.15, 0.2) is 0 Å². The van der Waals surface area contributed by atoms with Crippen LogP contribution in [0.1, 0.15) is 0 Å². The zero-order chi connectivity index (χ0) is 15.4. The molecule has 0 spiro atoms. The lowest BCUT2D eigenvalue weighted by Gasteiger charge is -2.09. The van der Waals surface area contributed by atoms with Crippen LogP contribution in [0.5, 0.6) is 0 Å². The first-order valence-corrected chi connectivity index (χ1v) is 7.86. The number of nitrogens with zero attached hydrogens (tertiary/aromatic N) is 2. The Balaban J connectivity index is 2.33. The Hall–Kier alpha value is -2.59. The van der Waals surface area contributed by atoms with Gasteiger partial charge in [0, 0.05) is 6.54 Å². The van der Waals surface area contributed by atoms with Crippen LogP contribution in [0.3, 0.4) is 0 Å². The van der Waals surface area contributed by atoms with Crippen LogP contribution >= 0.6 is 11.3 Å². The maximum Gasteiger partial charge on any atom is 0.208 e. The molecule has 1 heterocycles. The molecule has 0 saturated heterocycles. The van der Waals surface area contributed by atoms with Crippen LogP contribution in [0.4, 0.5) is 0 Å². The second kappa shape index (κ2) is 6.45. The highest BCUT2D eigenvalue weighted by atomic mass is 32.1. The summed E-state index contributed by atoms with van der Waals surface area (Å²) in [7, 11) is 0. The van der Waals surface area contributed by atoms with Crippen molar-refractivity contribution in [3.63, 3.8) is 0 Å². The van der Waals surface area contributed by atoms with E-state index in [0.717, 1.165) is 20.9 Å². The number of nitrogens with two attached hydrogens (primary N) is 1. The molecule has 3 nitrogen and oxygen atoms in total. The Morgan fingerprint density at radius 1 is 1.00 bits per heavy atom. The van der Waals surface area contributed by atoms with E-state index in [9.17, 15) is 0 Å². The van der Waals surface area contributed by atoms with E-state index in [-0.39, 0.29) is 0 Å². The summed E-state index contributed by atoms with van der Waals surface area (Å²) in [6.45, 7) is 4.52. The molecule has 3 aromatic rings. The molecule has 3 rings (SSSR count). The predicted molar refractivity (Wildman–Crippen MR) is 93.1 cm³/mol. The van der Waals surface area contributed by atoms with E-state index in [1.807, 2.05) is 42.5 Å². The Bertz CT molecular complexity index is 830. The highest BCUT2D eigenvalue weighted by molar-refractivity contribution is 7.13. The smallest absolute Gasteiger partial charge is 0.208 e. The monoisotopic (exact) mass is 307 g/mol. The fourth-order valence-corrected chi connectivity index (χ4v) is 3.57. The normalized spacial score (nSPS) is 11.5. The first-order valence-electron chi connectivity index (χ1n) is 7.04. The molecule has 22 heavy (non-hydrogen) atoms. The van der Waals surface area contributed by atoms with E-state index in [1.54, 1.807) is 11.3 Å². The number of aromatic nitrogens is 1. The Kier molecular flexibility index (Phi) is 4.21. The molecule has 0 atom stereocenters. The molecule has 0 amide bonds. The summed E-state index contributed by atoms with van der Waals surface area (Å²) in [5.41, 5.74) is 3.44. The quantitative estimate of drug-likeness (QED) is 0.444. The summed E-state index contributed by atoms with van der Waals surface area (Å²) >= 11 is 1.60. The summed E-state index contributed by atoms with van der Waals surface area (Å²) in [5.74, 6) is 5.60. The minimum atomic E-state index is 0.670. The molecule has 0 saturated carbocycles. The molecule has 110 valence electrons. The van der Waals surface area contributed by atoms with Gasteiger partial charge in [0.2, 0.25) is 4.80 Å². The molecule has 4 heteroatoms. The van der Waals surface area contributed by atoms with Crippen LogP contribution < -0.4 is 10.6 Å². The number of benzene rings is 2. The molecular weight excluding hydrogens is 290 g/mol. The molecule has 2 N–H and O–H groups in total. The van der Waals surface area contributed by atoms with Crippen LogP contribution in [0.2, 0.25) is 0 Å². The zero-order valence-electron chi connectivity index (χ0n) is 12.1. The highest BCUT2D eigenvalue weighted by Gasteiger charge is 2.16. The van der Waals surface area contributed by atoms with Crippen LogP contribution in [0, 0.1) is 0 Å². The van der Waals surface area contributed by atoms with Gasteiger partial charge in [-0.25, -0.2) is 0 Å². The Morgan fingerprint density at radius 2 is 1.59 bits per heavy atom. The van der Waals surface area contributed by atoms with Crippen molar-refractivity contribution in [1.82, 2.24) is 4.57 Å². The van der Waals surface area contributed by atoms with Gasteiger partial charge in [-0.2, -0.15) is 5.10 Å². The van der Waals surface area contributed by atoms with Crippen molar-refractivity contribution in [2.45, 2.75) is 6.54 Å². The average Bonchev–Trinajstić information content (AvgIpc) is 2.95. The number of allylic oxidation sites excluding steroid dienone is 1. The third-order valence-corrected chi connectivity index (χ3v) is 4.56. The largest absolute Gasteiger partial charge is 0.320 e. The number of hydrogen-bond donors (Lipinski definition) is 1. The summed E-state index contributed by atoms with van der Waals surface area (Å²) in [5, 5.41) is 3.96. The third kappa shape index (κ3) is 2.61. The Labute approximate surface area is 133 Å². The molecule has 0 unspecified atom stereocenters. The third-order valence-electron chi connectivity index (χ3n) is 3.41. The van der Waals surface area contributed by atoms with Crippen LogP contribution in [-0.4, -0.2) is 4.57 Å². The first-order chi connectivity index (χ1) is 10.8. The van der Waals surface area contributed by atoms with Crippen molar-refractivity contribution in [3.8, 4) is 21.7 Å². The van der Waals surface area contributed by atoms with E-state index in [0.29, 0.717) is 6.54 Å². The van der Waals surface area contributed by atoms with Gasteiger partial charge < -0.3 is 10.4 Å². The SMILES string of the molecule is C=CCn1c(-c2ccccc2)c(-c2ccccc2)sc1=NN. The number of hydrogen-bond acceptors (Lipinski definition) is 3. The fraction of sp³-hybridized carbons (Fsp3) is 0.0556. The minimum absolute atomic E-state index is 0.670. The second-order valence-corrected chi connectivity index (χ2v) is 5.80. The molecule has 0 radical (unpaired) electrons. The van der Waals surface area contributed by atoms with E-state index in [2.05, 4.69) is 40.5 Å².